The number of primary amides is 1. The van der Waals surface area contributed by atoms with Gasteiger partial charge in [-0.2, -0.15) is 4.98 Å². The molecule has 12 heteroatoms. The molecular formula is C20H21N7O5. The first kappa shape index (κ1) is 21.6. The van der Waals surface area contributed by atoms with Gasteiger partial charge in [-0.25, -0.2) is 20.4 Å². The zero-order valence-electron chi connectivity index (χ0n) is 17.0. The summed E-state index contributed by atoms with van der Waals surface area (Å²) in [6.45, 7) is 0. The van der Waals surface area contributed by atoms with Crippen LogP contribution in [-0.2, 0) is 14.4 Å². The summed E-state index contributed by atoms with van der Waals surface area (Å²) in [6.07, 6.45) is -1.03. The molecule has 0 bridgehead atoms. The van der Waals surface area contributed by atoms with E-state index in [0.717, 1.165) is 0 Å². The zero-order valence-corrected chi connectivity index (χ0v) is 17.0. The molecule has 1 saturated heterocycles. The van der Waals surface area contributed by atoms with E-state index in [1.54, 1.807) is 18.3 Å². The van der Waals surface area contributed by atoms with Crippen LogP contribution in [0.3, 0.4) is 0 Å². The number of fused-ring (bicyclic) bond motifs is 1. The van der Waals surface area contributed by atoms with Crippen molar-refractivity contribution < 1.29 is 24.6 Å². The number of carbonyl (C=O) groups is 1. The highest BCUT2D eigenvalue weighted by atomic mass is 16.6. The number of hydrogen-bond acceptors (Lipinski definition) is 10. The number of rotatable bonds is 6. The molecule has 1 aliphatic heterocycles. The summed E-state index contributed by atoms with van der Waals surface area (Å²) in [5.74, 6) is 5.62. The summed E-state index contributed by atoms with van der Waals surface area (Å²) >= 11 is 0. The molecule has 5 N–H and O–H groups in total. The van der Waals surface area contributed by atoms with Crippen LogP contribution in [0, 0.1) is 11.8 Å². The number of imidazole rings is 1. The fourth-order valence-corrected chi connectivity index (χ4v) is 3.37. The van der Waals surface area contributed by atoms with Gasteiger partial charge >= 0.3 is 0 Å². The third-order valence-corrected chi connectivity index (χ3v) is 4.87. The van der Waals surface area contributed by atoms with Crippen LogP contribution >= 0.6 is 0 Å². The van der Waals surface area contributed by atoms with Gasteiger partial charge in [0.2, 0.25) is 11.7 Å². The maximum atomic E-state index is 11.1. The summed E-state index contributed by atoms with van der Waals surface area (Å²) in [5.41, 5.74) is 9.01. The van der Waals surface area contributed by atoms with Gasteiger partial charge < -0.3 is 20.7 Å². The van der Waals surface area contributed by atoms with Crippen molar-refractivity contribution in [2.75, 3.05) is 12.6 Å². The molecule has 4 heterocycles. The standard InChI is InChI=1S/C20H21N7O5/c1-31-26-18-15-19(25-14(24-18)8-5-11-4-2-3-9-22-11)27(10-23-15)20-17(30)16(29)12(32-20)6-7-13(21)28/h2-4,9-10,12,16-17,20,29-30H,6-7H2,1H3,(H2,21,28)(H,24,25,26)/t12-,16+,17+,20+/m0/s1. The fourth-order valence-electron chi connectivity index (χ4n) is 3.37. The van der Waals surface area contributed by atoms with Crippen LogP contribution in [-0.4, -0.2) is 66.0 Å². The number of nitrogens with zero attached hydrogens (tertiary/aromatic N) is 5. The Balaban J connectivity index is 1.70. The third-order valence-electron chi connectivity index (χ3n) is 4.87. The number of aliphatic hydroxyl groups excluding tert-OH is 2. The Labute approximate surface area is 182 Å². The number of pyridine rings is 1. The largest absolute Gasteiger partial charge is 0.388 e. The number of hydrogen-bond donors (Lipinski definition) is 4. The summed E-state index contributed by atoms with van der Waals surface area (Å²) in [7, 11) is 1.42. The normalized spacial score (nSPS) is 22.5. The number of nitrogens with two attached hydrogens (primary N) is 1. The predicted octanol–water partition coefficient (Wildman–Crippen LogP) is -0.521. The van der Waals surface area contributed by atoms with E-state index in [9.17, 15) is 15.0 Å². The van der Waals surface area contributed by atoms with E-state index in [0.29, 0.717) is 16.9 Å². The minimum Gasteiger partial charge on any atom is -0.388 e. The lowest BCUT2D eigenvalue weighted by Crippen LogP contribution is -2.32. The number of anilines is 1. The van der Waals surface area contributed by atoms with Crippen molar-refractivity contribution in [3.63, 3.8) is 0 Å². The first-order chi connectivity index (χ1) is 15.5. The molecule has 166 valence electrons. The topological polar surface area (TPSA) is 171 Å². The van der Waals surface area contributed by atoms with E-state index >= 15 is 0 Å². The molecule has 3 aromatic heterocycles. The SMILES string of the molecule is CONc1nc(C#Cc2ccccn2)nc2c1ncn2[C@@H]1O[C@@H](CCC(N)=O)[C@@H](O)[C@H]1O. The van der Waals surface area contributed by atoms with Crippen molar-refractivity contribution in [2.24, 2.45) is 5.73 Å². The number of aromatic nitrogens is 5. The van der Waals surface area contributed by atoms with Gasteiger partial charge in [-0.1, -0.05) is 6.07 Å². The molecule has 0 saturated carbocycles. The number of aliphatic hydroxyl groups is 2. The second-order valence-corrected chi connectivity index (χ2v) is 7.04. The molecule has 0 unspecified atom stereocenters. The molecule has 4 atom stereocenters. The molecule has 0 aromatic carbocycles. The van der Waals surface area contributed by atoms with Crippen LogP contribution in [0.2, 0.25) is 0 Å². The van der Waals surface area contributed by atoms with E-state index < -0.39 is 30.4 Å². The lowest BCUT2D eigenvalue weighted by atomic mass is 10.1. The average molecular weight is 439 g/mol. The highest BCUT2D eigenvalue weighted by Crippen LogP contribution is 2.34. The molecule has 0 aliphatic carbocycles. The second-order valence-electron chi connectivity index (χ2n) is 7.04. The molecule has 0 spiro atoms. The van der Waals surface area contributed by atoms with E-state index in [2.05, 4.69) is 37.3 Å². The highest BCUT2D eigenvalue weighted by molar-refractivity contribution is 5.83. The number of carbonyl (C=O) groups excluding carboxylic acids is 1. The Morgan fingerprint density at radius 3 is 2.84 bits per heavy atom. The molecular weight excluding hydrogens is 418 g/mol. The van der Waals surface area contributed by atoms with Crippen LogP contribution in [0.4, 0.5) is 5.82 Å². The van der Waals surface area contributed by atoms with E-state index in [1.807, 2.05) is 6.07 Å². The third kappa shape index (κ3) is 4.36. The monoisotopic (exact) mass is 439 g/mol. The lowest BCUT2D eigenvalue weighted by Gasteiger charge is -2.16. The smallest absolute Gasteiger partial charge is 0.217 e. The Morgan fingerprint density at radius 2 is 2.12 bits per heavy atom. The van der Waals surface area contributed by atoms with Gasteiger partial charge in [0.05, 0.1) is 19.5 Å². The first-order valence-corrected chi connectivity index (χ1v) is 9.74. The summed E-state index contributed by atoms with van der Waals surface area (Å²) in [4.78, 5) is 33.3. The van der Waals surface area contributed by atoms with Crippen LogP contribution in [0.1, 0.15) is 30.6 Å². The van der Waals surface area contributed by atoms with Crippen LogP contribution in [0.15, 0.2) is 30.7 Å². The van der Waals surface area contributed by atoms with Gasteiger partial charge in [0, 0.05) is 12.6 Å². The van der Waals surface area contributed by atoms with Gasteiger partial charge in [-0.15, -0.1) is 0 Å². The van der Waals surface area contributed by atoms with Crippen molar-refractivity contribution >= 4 is 22.9 Å². The molecule has 12 nitrogen and oxygen atoms in total. The van der Waals surface area contributed by atoms with Crippen molar-refractivity contribution in [3.8, 4) is 11.8 Å². The van der Waals surface area contributed by atoms with Crippen molar-refractivity contribution in [2.45, 2.75) is 37.4 Å². The highest BCUT2D eigenvalue weighted by Gasteiger charge is 2.44. The maximum absolute atomic E-state index is 11.1. The molecule has 1 aliphatic rings. The van der Waals surface area contributed by atoms with Crippen LogP contribution in [0.5, 0.6) is 0 Å². The predicted molar refractivity (Wildman–Crippen MR) is 111 cm³/mol. The first-order valence-electron chi connectivity index (χ1n) is 9.74. The number of nitrogens with one attached hydrogen (secondary N) is 1. The Hall–Kier alpha value is -3.63. The van der Waals surface area contributed by atoms with E-state index in [4.69, 9.17) is 15.3 Å². The van der Waals surface area contributed by atoms with Crippen molar-refractivity contribution in [1.29, 1.82) is 0 Å². The van der Waals surface area contributed by atoms with Gasteiger partial charge in [0.1, 0.15) is 17.9 Å². The van der Waals surface area contributed by atoms with Gasteiger partial charge in [0.15, 0.2) is 23.2 Å². The maximum Gasteiger partial charge on any atom is 0.217 e. The summed E-state index contributed by atoms with van der Waals surface area (Å²) in [5, 5.41) is 20.9. The Bertz CT molecular complexity index is 1170. The Morgan fingerprint density at radius 1 is 1.28 bits per heavy atom. The quantitative estimate of drug-likeness (QED) is 0.289. The van der Waals surface area contributed by atoms with E-state index in [1.165, 1.54) is 18.0 Å². The molecule has 3 aromatic rings. The minimum absolute atomic E-state index is 0.0170. The lowest BCUT2D eigenvalue weighted by molar-refractivity contribution is -0.119. The minimum atomic E-state index is -1.28. The Kier molecular flexibility index (Phi) is 6.24. The van der Waals surface area contributed by atoms with E-state index in [-0.39, 0.29) is 24.5 Å². The van der Waals surface area contributed by atoms with Gasteiger partial charge in [-0.3, -0.25) is 14.2 Å². The summed E-state index contributed by atoms with van der Waals surface area (Å²) in [6, 6.07) is 5.35. The van der Waals surface area contributed by atoms with Gasteiger partial charge in [0.25, 0.3) is 0 Å². The molecule has 32 heavy (non-hydrogen) atoms. The summed E-state index contributed by atoms with van der Waals surface area (Å²) < 4.78 is 7.29. The van der Waals surface area contributed by atoms with Crippen molar-refractivity contribution in [1.82, 2.24) is 24.5 Å². The fraction of sp³-hybridized carbons (Fsp3) is 0.350. The average Bonchev–Trinajstić information content (AvgIpc) is 3.33. The molecule has 0 radical (unpaired) electrons. The number of amides is 1. The van der Waals surface area contributed by atoms with Crippen molar-refractivity contribution in [3.05, 3.63) is 42.2 Å². The molecule has 1 fully saturated rings. The second kappa shape index (κ2) is 9.25. The van der Waals surface area contributed by atoms with Gasteiger partial charge in [-0.05, 0) is 30.4 Å². The van der Waals surface area contributed by atoms with Crippen LogP contribution in [0.25, 0.3) is 11.2 Å². The number of ether oxygens (including phenoxy) is 1. The molecule has 4 rings (SSSR count). The molecule has 1 amide bonds. The zero-order chi connectivity index (χ0) is 22.7. The van der Waals surface area contributed by atoms with Crippen LogP contribution < -0.4 is 11.2 Å².